The van der Waals surface area contributed by atoms with Crippen molar-refractivity contribution in [2.24, 2.45) is 5.92 Å². The van der Waals surface area contributed by atoms with Crippen LogP contribution in [0.3, 0.4) is 0 Å². The molecule has 0 saturated carbocycles. The normalized spacial score (nSPS) is 27.3. The van der Waals surface area contributed by atoms with Gasteiger partial charge in [0, 0.05) is 6.42 Å². The number of hydrogen-bond acceptors (Lipinski definition) is 0. The summed E-state index contributed by atoms with van der Waals surface area (Å²) in [5, 5.41) is 2.53. The Morgan fingerprint density at radius 1 is 1.40 bits per heavy atom. The lowest BCUT2D eigenvalue weighted by Crippen LogP contribution is -2.91. The van der Waals surface area contributed by atoms with E-state index in [4.69, 9.17) is 0 Å². The van der Waals surface area contributed by atoms with Crippen LogP contribution in [0.15, 0.2) is 0 Å². The molecular formula is C9H20N+. The van der Waals surface area contributed by atoms with Crippen molar-refractivity contribution >= 4 is 0 Å². The van der Waals surface area contributed by atoms with Crippen LogP contribution in [0.25, 0.3) is 0 Å². The molecule has 1 heteroatoms. The molecule has 2 N–H and O–H groups in total. The van der Waals surface area contributed by atoms with E-state index >= 15 is 0 Å². The van der Waals surface area contributed by atoms with Gasteiger partial charge in [-0.15, -0.1) is 0 Å². The minimum atomic E-state index is 0.888. The van der Waals surface area contributed by atoms with Gasteiger partial charge in [0.15, 0.2) is 0 Å². The van der Waals surface area contributed by atoms with Crippen LogP contribution >= 0.6 is 0 Å². The van der Waals surface area contributed by atoms with Crippen molar-refractivity contribution in [2.45, 2.75) is 45.6 Å². The minimum absolute atomic E-state index is 0.888. The first-order chi connectivity index (χ1) is 4.79. The molecule has 1 aliphatic rings. The molecule has 1 fully saturated rings. The molecule has 1 atom stereocenters. The van der Waals surface area contributed by atoms with E-state index in [9.17, 15) is 0 Å². The number of rotatable bonds is 2. The molecule has 1 rings (SSSR count). The van der Waals surface area contributed by atoms with E-state index in [1.54, 1.807) is 0 Å². The minimum Gasteiger partial charge on any atom is -0.344 e. The number of hydrogen-bond donors (Lipinski definition) is 1. The van der Waals surface area contributed by atoms with Crippen LogP contribution in [-0.4, -0.2) is 12.6 Å². The highest BCUT2D eigenvalue weighted by Crippen LogP contribution is 2.09. The van der Waals surface area contributed by atoms with Crippen LogP contribution in [0.1, 0.15) is 39.5 Å². The van der Waals surface area contributed by atoms with Crippen molar-refractivity contribution in [3.8, 4) is 0 Å². The molecule has 0 unspecified atom stereocenters. The molecule has 1 saturated heterocycles. The van der Waals surface area contributed by atoms with Gasteiger partial charge in [-0.2, -0.15) is 0 Å². The maximum absolute atomic E-state index is 2.53. The van der Waals surface area contributed by atoms with E-state index in [0.717, 1.165) is 12.0 Å². The highest BCUT2D eigenvalue weighted by Gasteiger charge is 2.16. The van der Waals surface area contributed by atoms with Gasteiger partial charge in [0.1, 0.15) is 0 Å². The van der Waals surface area contributed by atoms with Gasteiger partial charge in [-0.1, -0.05) is 13.8 Å². The fraction of sp³-hybridized carbons (Fsp3) is 1.00. The van der Waals surface area contributed by atoms with Gasteiger partial charge in [-0.05, 0) is 25.2 Å². The average molecular weight is 142 g/mol. The van der Waals surface area contributed by atoms with E-state index in [1.807, 2.05) is 0 Å². The van der Waals surface area contributed by atoms with E-state index in [2.05, 4.69) is 19.2 Å². The van der Waals surface area contributed by atoms with E-state index in [1.165, 1.54) is 32.2 Å². The zero-order valence-electron chi connectivity index (χ0n) is 7.27. The molecular weight excluding hydrogens is 122 g/mol. The Hall–Kier alpha value is -0.0400. The second-order valence-corrected chi connectivity index (χ2v) is 3.91. The second-order valence-electron chi connectivity index (χ2n) is 3.91. The highest BCUT2D eigenvalue weighted by molar-refractivity contribution is 4.60. The van der Waals surface area contributed by atoms with Gasteiger partial charge in [0.05, 0.1) is 12.6 Å². The van der Waals surface area contributed by atoms with E-state index in [-0.39, 0.29) is 0 Å². The summed E-state index contributed by atoms with van der Waals surface area (Å²) in [4.78, 5) is 0. The maximum Gasteiger partial charge on any atom is 0.0861 e. The predicted molar refractivity (Wildman–Crippen MR) is 43.9 cm³/mol. The monoisotopic (exact) mass is 142 g/mol. The van der Waals surface area contributed by atoms with Gasteiger partial charge in [-0.25, -0.2) is 0 Å². The topological polar surface area (TPSA) is 16.6 Å². The first-order valence-electron chi connectivity index (χ1n) is 4.62. The molecule has 60 valence electrons. The molecule has 0 aliphatic carbocycles. The summed E-state index contributed by atoms with van der Waals surface area (Å²) < 4.78 is 0. The molecule has 1 nitrogen and oxygen atoms in total. The Balaban J connectivity index is 2.13. The number of piperidine rings is 1. The van der Waals surface area contributed by atoms with Crippen molar-refractivity contribution in [3.63, 3.8) is 0 Å². The molecule has 0 radical (unpaired) electrons. The van der Waals surface area contributed by atoms with Crippen molar-refractivity contribution in [1.82, 2.24) is 0 Å². The Morgan fingerprint density at radius 2 is 2.20 bits per heavy atom. The summed E-state index contributed by atoms with van der Waals surface area (Å²) in [6, 6.07) is 0.953. The van der Waals surface area contributed by atoms with Crippen molar-refractivity contribution in [2.75, 3.05) is 6.54 Å². The zero-order valence-corrected chi connectivity index (χ0v) is 7.27. The molecule has 0 spiro atoms. The van der Waals surface area contributed by atoms with E-state index in [0.29, 0.717) is 0 Å². The third-order valence-corrected chi connectivity index (χ3v) is 2.30. The second kappa shape index (κ2) is 3.97. The molecule has 0 aromatic heterocycles. The average Bonchev–Trinajstić information content (AvgIpc) is 1.88. The molecule has 0 aromatic rings. The number of quaternary nitrogens is 1. The fourth-order valence-corrected chi connectivity index (χ4v) is 1.84. The van der Waals surface area contributed by atoms with Crippen LogP contribution in [0.4, 0.5) is 0 Å². The smallest absolute Gasteiger partial charge is 0.0861 e. The third-order valence-electron chi connectivity index (χ3n) is 2.30. The molecule has 10 heavy (non-hydrogen) atoms. The molecule has 0 aromatic carbocycles. The predicted octanol–water partition coefficient (Wildman–Crippen LogP) is 1.15. The Morgan fingerprint density at radius 3 is 2.70 bits per heavy atom. The standard InChI is InChI=1S/C9H19N/c1-8(2)7-9-5-3-4-6-10-9/h8-10H,3-7H2,1-2H3/p+1/t9-/m1/s1. The Labute approximate surface area is 64.2 Å². The summed E-state index contributed by atoms with van der Waals surface area (Å²) in [7, 11) is 0. The summed E-state index contributed by atoms with van der Waals surface area (Å²) in [5.41, 5.74) is 0. The van der Waals surface area contributed by atoms with Crippen LogP contribution in [0.2, 0.25) is 0 Å². The fourth-order valence-electron chi connectivity index (χ4n) is 1.84. The van der Waals surface area contributed by atoms with Gasteiger partial charge >= 0.3 is 0 Å². The van der Waals surface area contributed by atoms with Gasteiger partial charge < -0.3 is 5.32 Å². The van der Waals surface area contributed by atoms with Gasteiger partial charge in [0.25, 0.3) is 0 Å². The molecule has 0 amide bonds. The molecule has 1 aliphatic heterocycles. The summed E-state index contributed by atoms with van der Waals surface area (Å²) in [5.74, 6) is 0.888. The SMILES string of the molecule is CC(C)C[C@H]1CCCC[NH2+]1. The zero-order chi connectivity index (χ0) is 7.40. The van der Waals surface area contributed by atoms with Crippen LogP contribution in [0, 0.1) is 5.92 Å². The first kappa shape index (κ1) is 8.06. The lowest BCUT2D eigenvalue weighted by atomic mass is 9.96. The summed E-state index contributed by atoms with van der Waals surface area (Å²) in [6.45, 7) is 6.02. The van der Waals surface area contributed by atoms with Crippen molar-refractivity contribution in [3.05, 3.63) is 0 Å². The van der Waals surface area contributed by atoms with Crippen LogP contribution < -0.4 is 5.32 Å². The quantitative estimate of drug-likeness (QED) is 0.595. The van der Waals surface area contributed by atoms with E-state index < -0.39 is 0 Å². The Bertz CT molecular complexity index is 82.7. The lowest BCUT2D eigenvalue weighted by Gasteiger charge is -2.21. The third kappa shape index (κ3) is 2.70. The van der Waals surface area contributed by atoms with Gasteiger partial charge in [-0.3, -0.25) is 0 Å². The van der Waals surface area contributed by atoms with Crippen molar-refractivity contribution < 1.29 is 5.32 Å². The van der Waals surface area contributed by atoms with Crippen LogP contribution in [-0.2, 0) is 0 Å². The van der Waals surface area contributed by atoms with Crippen molar-refractivity contribution in [1.29, 1.82) is 0 Å². The summed E-state index contributed by atoms with van der Waals surface area (Å²) in [6.07, 6.45) is 5.78. The largest absolute Gasteiger partial charge is 0.344 e. The summed E-state index contributed by atoms with van der Waals surface area (Å²) >= 11 is 0. The number of nitrogens with two attached hydrogens (primary N) is 1. The Kier molecular flexibility index (Phi) is 3.20. The first-order valence-corrected chi connectivity index (χ1v) is 4.62. The molecule has 1 heterocycles. The van der Waals surface area contributed by atoms with Gasteiger partial charge in [0.2, 0.25) is 0 Å². The van der Waals surface area contributed by atoms with Crippen LogP contribution in [0.5, 0.6) is 0 Å². The molecule has 0 bridgehead atoms. The highest BCUT2D eigenvalue weighted by atomic mass is 14.9. The lowest BCUT2D eigenvalue weighted by molar-refractivity contribution is -0.698. The maximum atomic E-state index is 2.53.